The minimum Gasteiger partial charge on any atom is -0.367 e. The number of pyridine rings is 1. The number of hydrogen-bond donors (Lipinski definition) is 1. The predicted molar refractivity (Wildman–Crippen MR) is 74.6 cm³/mol. The van der Waals surface area contributed by atoms with Crippen molar-refractivity contribution in [1.82, 2.24) is 10.1 Å². The van der Waals surface area contributed by atoms with E-state index in [4.69, 9.17) is 21.9 Å². The van der Waals surface area contributed by atoms with Gasteiger partial charge in [-0.2, -0.15) is 0 Å². The summed E-state index contributed by atoms with van der Waals surface area (Å²) in [6.45, 7) is 0. The van der Waals surface area contributed by atoms with Gasteiger partial charge >= 0.3 is 0 Å². The van der Waals surface area contributed by atoms with Crippen molar-refractivity contribution >= 4 is 17.5 Å². The fraction of sp³-hybridized carbons (Fsp3) is 0. The van der Waals surface area contributed by atoms with Gasteiger partial charge in [-0.15, -0.1) is 0 Å². The first-order valence-electron chi connectivity index (χ1n) is 5.79. The molecule has 100 valence electrons. The Bertz CT molecular complexity index is 758. The second-order valence-corrected chi connectivity index (χ2v) is 4.52. The Morgan fingerprint density at radius 3 is 2.75 bits per heavy atom. The lowest BCUT2D eigenvalue weighted by Gasteiger charge is -2.03. The van der Waals surface area contributed by atoms with Crippen LogP contribution < -0.4 is 5.73 Å². The smallest absolute Gasteiger partial charge is 0.232 e. The lowest BCUT2D eigenvalue weighted by atomic mass is 10.0. The van der Waals surface area contributed by atoms with E-state index >= 15 is 0 Å². The Labute approximate surface area is 119 Å². The van der Waals surface area contributed by atoms with E-state index in [1.165, 1.54) is 12.1 Å². The van der Waals surface area contributed by atoms with Crippen molar-refractivity contribution in [2.45, 2.75) is 0 Å². The number of nitrogens with zero attached hydrogens (tertiary/aromatic N) is 2. The van der Waals surface area contributed by atoms with Crippen LogP contribution in [0.4, 0.5) is 10.3 Å². The average Bonchev–Trinajstić information content (AvgIpc) is 2.85. The number of aromatic nitrogens is 2. The molecule has 0 unspecified atom stereocenters. The van der Waals surface area contributed by atoms with Crippen LogP contribution in [-0.2, 0) is 0 Å². The van der Waals surface area contributed by atoms with E-state index in [0.29, 0.717) is 22.5 Å². The lowest BCUT2D eigenvalue weighted by molar-refractivity contribution is 0.439. The molecule has 2 aromatic heterocycles. The molecule has 2 heterocycles. The zero-order chi connectivity index (χ0) is 14.1. The van der Waals surface area contributed by atoms with Gasteiger partial charge in [-0.1, -0.05) is 22.8 Å². The minimum atomic E-state index is -0.494. The molecule has 0 atom stereocenters. The van der Waals surface area contributed by atoms with Crippen molar-refractivity contribution < 1.29 is 8.91 Å². The van der Waals surface area contributed by atoms with Crippen molar-refractivity contribution in [3.8, 4) is 22.5 Å². The molecule has 0 fully saturated rings. The maximum Gasteiger partial charge on any atom is 0.232 e. The normalized spacial score (nSPS) is 10.7. The van der Waals surface area contributed by atoms with Crippen molar-refractivity contribution in [2.75, 3.05) is 5.73 Å². The van der Waals surface area contributed by atoms with Crippen LogP contribution in [-0.4, -0.2) is 10.1 Å². The molecule has 0 saturated heterocycles. The SMILES string of the molecule is Nc1onc(-c2ccc(F)c(Cl)c2)c1-c1ccccn1. The number of anilines is 1. The summed E-state index contributed by atoms with van der Waals surface area (Å²) in [5.74, 6) is -0.342. The molecule has 6 heteroatoms. The van der Waals surface area contributed by atoms with Gasteiger partial charge in [-0.05, 0) is 30.3 Å². The molecular weight excluding hydrogens is 281 g/mol. The summed E-state index contributed by atoms with van der Waals surface area (Å²) >= 11 is 5.79. The van der Waals surface area contributed by atoms with Crippen LogP contribution >= 0.6 is 11.6 Å². The molecule has 20 heavy (non-hydrogen) atoms. The molecule has 0 radical (unpaired) electrons. The monoisotopic (exact) mass is 289 g/mol. The highest BCUT2D eigenvalue weighted by atomic mass is 35.5. The summed E-state index contributed by atoms with van der Waals surface area (Å²) < 4.78 is 18.3. The number of nitrogen functional groups attached to an aromatic ring is 1. The molecule has 0 amide bonds. The van der Waals surface area contributed by atoms with Crippen LogP contribution in [0.3, 0.4) is 0 Å². The van der Waals surface area contributed by atoms with Gasteiger partial charge in [0.25, 0.3) is 0 Å². The zero-order valence-corrected chi connectivity index (χ0v) is 10.9. The van der Waals surface area contributed by atoms with E-state index in [0.717, 1.165) is 0 Å². The van der Waals surface area contributed by atoms with Crippen LogP contribution in [0, 0.1) is 5.82 Å². The first-order valence-corrected chi connectivity index (χ1v) is 6.16. The fourth-order valence-corrected chi connectivity index (χ4v) is 2.08. The van der Waals surface area contributed by atoms with E-state index in [-0.39, 0.29) is 10.9 Å². The molecule has 3 aromatic rings. The first kappa shape index (κ1) is 12.6. The van der Waals surface area contributed by atoms with Gasteiger partial charge in [0.2, 0.25) is 5.88 Å². The Morgan fingerprint density at radius 2 is 2.05 bits per heavy atom. The second-order valence-electron chi connectivity index (χ2n) is 4.11. The fourth-order valence-electron chi connectivity index (χ4n) is 1.90. The van der Waals surface area contributed by atoms with Gasteiger partial charge in [-0.3, -0.25) is 4.98 Å². The van der Waals surface area contributed by atoms with Crippen LogP contribution in [0.15, 0.2) is 47.1 Å². The summed E-state index contributed by atoms with van der Waals surface area (Å²) in [6, 6.07) is 9.71. The average molecular weight is 290 g/mol. The van der Waals surface area contributed by atoms with E-state index in [1.807, 2.05) is 6.07 Å². The summed E-state index contributed by atoms with van der Waals surface area (Å²) in [5, 5.41) is 3.92. The Balaban J connectivity index is 2.18. The Hall–Kier alpha value is -2.40. The van der Waals surface area contributed by atoms with Crippen LogP contribution in [0.2, 0.25) is 5.02 Å². The van der Waals surface area contributed by atoms with E-state index in [2.05, 4.69) is 10.1 Å². The molecule has 3 rings (SSSR count). The summed E-state index contributed by atoms with van der Waals surface area (Å²) in [5.41, 5.74) is 8.08. The molecule has 0 aliphatic rings. The molecule has 1 aromatic carbocycles. The molecule has 4 nitrogen and oxygen atoms in total. The second kappa shape index (κ2) is 4.94. The Morgan fingerprint density at radius 1 is 1.20 bits per heavy atom. The highest BCUT2D eigenvalue weighted by Gasteiger charge is 2.19. The molecule has 0 aliphatic heterocycles. The predicted octanol–water partition coefficient (Wildman–Crippen LogP) is 3.78. The summed E-state index contributed by atoms with van der Waals surface area (Å²) in [6.07, 6.45) is 1.64. The number of benzene rings is 1. The molecule has 0 bridgehead atoms. The summed E-state index contributed by atoms with van der Waals surface area (Å²) in [7, 11) is 0. The number of rotatable bonds is 2. The van der Waals surface area contributed by atoms with Gasteiger partial charge in [0.1, 0.15) is 11.5 Å². The molecule has 0 spiro atoms. The summed E-state index contributed by atoms with van der Waals surface area (Å²) in [4.78, 5) is 4.22. The van der Waals surface area contributed by atoms with E-state index in [1.54, 1.807) is 24.4 Å². The number of nitrogens with two attached hydrogens (primary N) is 1. The van der Waals surface area contributed by atoms with Crippen LogP contribution in [0.1, 0.15) is 0 Å². The third-order valence-corrected chi connectivity index (χ3v) is 3.12. The highest BCUT2D eigenvalue weighted by Crippen LogP contribution is 2.36. The van der Waals surface area contributed by atoms with Gasteiger partial charge in [-0.25, -0.2) is 4.39 Å². The largest absolute Gasteiger partial charge is 0.367 e. The number of halogens is 2. The minimum absolute atomic E-state index is 0.0102. The topological polar surface area (TPSA) is 64.9 Å². The third-order valence-electron chi connectivity index (χ3n) is 2.83. The van der Waals surface area contributed by atoms with Crippen molar-refractivity contribution in [2.24, 2.45) is 0 Å². The molecule has 0 saturated carbocycles. The van der Waals surface area contributed by atoms with Gasteiger partial charge in [0.15, 0.2) is 0 Å². The Kier molecular flexibility index (Phi) is 3.12. The van der Waals surface area contributed by atoms with Crippen LogP contribution in [0.25, 0.3) is 22.5 Å². The van der Waals surface area contributed by atoms with Gasteiger partial charge in [0.05, 0.1) is 16.3 Å². The maximum absolute atomic E-state index is 13.2. The maximum atomic E-state index is 13.2. The van der Waals surface area contributed by atoms with Crippen LogP contribution in [0.5, 0.6) is 0 Å². The molecule has 0 aliphatic carbocycles. The van der Waals surface area contributed by atoms with Gasteiger partial charge in [0, 0.05) is 11.8 Å². The standard InChI is InChI=1S/C14H9ClFN3O/c15-9-7-8(4-5-10(9)16)13-12(14(17)20-19-13)11-3-1-2-6-18-11/h1-7H,17H2. The highest BCUT2D eigenvalue weighted by molar-refractivity contribution is 6.31. The van der Waals surface area contributed by atoms with Crippen molar-refractivity contribution in [3.63, 3.8) is 0 Å². The lowest BCUT2D eigenvalue weighted by Crippen LogP contribution is -1.90. The zero-order valence-electron chi connectivity index (χ0n) is 10.2. The van der Waals surface area contributed by atoms with E-state index in [9.17, 15) is 4.39 Å². The first-order chi connectivity index (χ1) is 9.66. The molecular formula is C14H9ClFN3O. The third kappa shape index (κ3) is 2.12. The van der Waals surface area contributed by atoms with E-state index < -0.39 is 5.82 Å². The van der Waals surface area contributed by atoms with Crippen molar-refractivity contribution in [1.29, 1.82) is 0 Å². The van der Waals surface area contributed by atoms with Gasteiger partial charge < -0.3 is 10.3 Å². The molecule has 2 N–H and O–H groups in total. The van der Waals surface area contributed by atoms with Crippen molar-refractivity contribution in [3.05, 3.63) is 53.4 Å². The number of hydrogen-bond acceptors (Lipinski definition) is 4. The quantitative estimate of drug-likeness (QED) is 0.780.